The zero-order chi connectivity index (χ0) is 26.3. The number of thiophene rings is 1. The van der Waals surface area contributed by atoms with E-state index in [4.69, 9.17) is 0 Å². The Morgan fingerprint density at radius 2 is 1.78 bits per heavy atom. The van der Waals surface area contributed by atoms with E-state index in [0.717, 1.165) is 18.2 Å². The van der Waals surface area contributed by atoms with Crippen LogP contribution in [0.4, 0.5) is 28.4 Å². The van der Waals surface area contributed by atoms with Gasteiger partial charge in [0.2, 0.25) is 5.95 Å². The molecular weight excluding hydrogens is 518 g/mol. The van der Waals surface area contributed by atoms with E-state index >= 15 is 0 Å². The van der Waals surface area contributed by atoms with Crippen LogP contribution < -0.4 is 5.32 Å². The number of carbonyl (C=O) groups is 1. The van der Waals surface area contributed by atoms with Crippen molar-refractivity contribution < 1.29 is 27.3 Å². The monoisotopic (exact) mass is 529 g/mol. The average molecular weight is 529 g/mol. The summed E-state index contributed by atoms with van der Waals surface area (Å²) < 4.78 is 53.6. The Hall–Kier alpha value is -4.79. The number of hydrogen-bond acceptors (Lipinski definition) is 8. The lowest BCUT2D eigenvalue weighted by Crippen LogP contribution is -2.13. The summed E-state index contributed by atoms with van der Waals surface area (Å²) in [6, 6.07) is 9.11. The maximum atomic E-state index is 13.4. The van der Waals surface area contributed by atoms with Crippen LogP contribution in [0.25, 0.3) is 28.1 Å². The van der Waals surface area contributed by atoms with Crippen molar-refractivity contribution in [1.29, 1.82) is 0 Å². The van der Waals surface area contributed by atoms with Crippen molar-refractivity contribution in [3.05, 3.63) is 87.4 Å². The Bertz CT molecular complexity index is 1650. The average Bonchev–Trinajstić information content (AvgIpc) is 3.52. The van der Waals surface area contributed by atoms with Crippen molar-refractivity contribution in [2.75, 3.05) is 5.32 Å². The smallest absolute Gasteiger partial charge is 0.305 e. The number of halogens is 4. The van der Waals surface area contributed by atoms with Gasteiger partial charge in [-0.2, -0.15) is 22.7 Å². The zero-order valence-corrected chi connectivity index (χ0v) is 18.9. The summed E-state index contributed by atoms with van der Waals surface area (Å²) in [6.45, 7) is 0. The van der Waals surface area contributed by atoms with E-state index in [1.807, 2.05) is 0 Å². The van der Waals surface area contributed by atoms with Crippen LogP contribution in [0.2, 0.25) is 0 Å². The van der Waals surface area contributed by atoms with Crippen LogP contribution in [0, 0.1) is 16.1 Å². The normalized spacial score (nSPS) is 11.6. The molecule has 186 valence electrons. The predicted molar refractivity (Wildman–Crippen MR) is 124 cm³/mol. The first-order chi connectivity index (χ1) is 17.6. The Morgan fingerprint density at radius 1 is 1.03 bits per heavy atom. The Labute approximate surface area is 207 Å². The van der Waals surface area contributed by atoms with Crippen LogP contribution in [-0.2, 0) is 6.18 Å². The van der Waals surface area contributed by atoms with E-state index < -0.39 is 28.5 Å². The van der Waals surface area contributed by atoms with E-state index in [1.54, 1.807) is 0 Å². The molecule has 5 rings (SSSR count). The highest BCUT2D eigenvalue weighted by Crippen LogP contribution is 2.32. The molecule has 0 bridgehead atoms. The van der Waals surface area contributed by atoms with Crippen molar-refractivity contribution in [3.63, 3.8) is 0 Å². The lowest BCUT2D eigenvalue weighted by Gasteiger charge is -2.10. The lowest BCUT2D eigenvalue weighted by molar-refractivity contribution is -0.380. The van der Waals surface area contributed by atoms with Crippen LogP contribution in [-0.4, -0.2) is 35.6 Å². The summed E-state index contributed by atoms with van der Waals surface area (Å²) in [5.41, 5.74) is -0.193. The SMILES string of the molecule is O=C(Nc1nc(-c2ccc(F)nc2)nc2c1cnn2-c1ccc(C(F)(F)F)cc1)c1ccc([N+](=O)[O-])s1. The second-order valence-corrected chi connectivity index (χ2v) is 8.52. The van der Waals surface area contributed by atoms with E-state index in [-0.39, 0.29) is 43.8 Å². The number of amides is 1. The molecule has 1 aromatic carbocycles. The molecule has 0 saturated heterocycles. The first-order valence-electron chi connectivity index (χ1n) is 10.2. The van der Waals surface area contributed by atoms with Crippen LogP contribution in [0.5, 0.6) is 0 Å². The van der Waals surface area contributed by atoms with Gasteiger partial charge in [-0.3, -0.25) is 14.9 Å². The van der Waals surface area contributed by atoms with E-state index in [2.05, 4.69) is 25.4 Å². The van der Waals surface area contributed by atoms with Gasteiger partial charge < -0.3 is 5.32 Å². The van der Waals surface area contributed by atoms with Crippen LogP contribution in [0.15, 0.2) is 60.9 Å². The third-order valence-electron chi connectivity index (χ3n) is 5.08. The number of nitrogens with zero attached hydrogens (tertiary/aromatic N) is 6. The zero-order valence-electron chi connectivity index (χ0n) is 18.1. The number of nitro groups is 1. The molecule has 4 heterocycles. The van der Waals surface area contributed by atoms with Crippen molar-refractivity contribution in [1.82, 2.24) is 24.7 Å². The maximum absolute atomic E-state index is 13.4. The maximum Gasteiger partial charge on any atom is 0.416 e. The van der Waals surface area contributed by atoms with Crippen LogP contribution in [0.1, 0.15) is 15.2 Å². The second kappa shape index (κ2) is 9.02. The third-order valence-corrected chi connectivity index (χ3v) is 6.12. The van der Waals surface area contributed by atoms with Gasteiger partial charge in [0.25, 0.3) is 5.91 Å². The number of benzene rings is 1. The Morgan fingerprint density at radius 3 is 2.41 bits per heavy atom. The standard InChI is InChI=1S/C22H11F4N7O3S/c23-16-7-1-11(9-27-16)18-29-19(31-21(34)15-6-8-17(37-15)33(35)36)14-10-28-32(20(14)30-18)13-4-2-12(3-5-13)22(24,25)26/h1-10H,(H,29,30,31,34). The predicted octanol–water partition coefficient (Wildman–Crippen LogP) is 5.26. The van der Waals surface area contributed by atoms with E-state index in [9.17, 15) is 32.5 Å². The van der Waals surface area contributed by atoms with Gasteiger partial charge in [0, 0.05) is 17.8 Å². The van der Waals surface area contributed by atoms with Crippen molar-refractivity contribution in [2.45, 2.75) is 6.18 Å². The first kappa shape index (κ1) is 23.9. The molecule has 4 aromatic heterocycles. The highest BCUT2D eigenvalue weighted by Gasteiger charge is 2.30. The number of alkyl halides is 3. The van der Waals surface area contributed by atoms with Gasteiger partial charge in [0.1, 0.15) is 5.82 Å². The van der Waals surface area contributed by atoms with E-state index in [0.29, 0.717) is 11.3 Å². The van der Waals surface area contributed by atoms with Crippen molar-refractivity contribution >= 4 is 39.1 Å². The number of fused-ring (bicyclic) bond motifs is 1. The molecule has 15 heteroatoms. The third kappa shape index (κ3) is 4.71. The number of pyridine rings is 1. The summed E-state index contributed by atoms with van der Waals surface area (Å²) in [5, 5.41) is 17.7. The van der Waals surface area contributed by atoms with Crippen LogP contribution in [0.3, 0.4) is 0 Å². The van der Waals surface area contributed by atoms with Gasteiger partial charge in [-0.25, -0.2) is 19.6 Å². The largest absolute Gasteiger partial charge is 0.416 e. The van der Waals surface area contributed by atoms with Crippen molar-refractivity contribution in [3.8, 4) is 17.1 Å². The van der Waals surface area contributed by atoms with Gasteiger partial charge in [-0.15, -0.1) is 0 Å². The highest BCUT2D eigenvalue weighted by atomic mass is 32.1. The minimum atomic E-state index is -4.52. The summed E-state index contributed by atoms with van der Waals surface area (Å²) in [4.78, 5) is 35.5. The lowest BCUT2D eigenvalue weighted by atomic mass is 10.2. The van der Waals surface area contributed by atoms with Crippen molar-refractivity contribution in [2.24, 2.45) is 0 Å². The fourth-order valence-corrected chi connectivity index (χ4v) is 4.05. The molecule has 10 nitrogen and oxygen atoms in total. The summed E-state index contributed by atoms with van der Waals surface area (Å²) in [5.74, 6) is -1.44. The summed E-state index contributed by atoms with van der Waals surface area (Å²) in [7, 11) is 0. The summed E-state index contributed by atoms with van der Waals surface area (Å²) >= 11 is 0.662. The molecule has 0 aliphatic heterocycles. The molecule has 0 spiro atoms. The molecule has 37 heavy (non-hydrogen) atoms. The molecule has 0 unspecified atom stereocenters. The van der Waals surface area contributed by atoms with Gasteiger partial charge in [-0.1, -0.05) is 11.3 Å². The molecule has 1 N–H and O–H groups in total. The minimum absolute atomic E-state index is 0.0149. The number of nitrogens with one attached hydrogen (secondary N) is 1. The second-order valence-electron chi connectivity index (χ2n) is 7.45. The molecule has 0 aliphatic carbocycles. The first-order valence-corrected chi connectivity index (χ1v) is 11.0. The molecule has 0 radical (unpaired) electrons. The van der Waals surface area contributed by atoms with Crippen LogP contribution >= 0.6 is 11.3 Å². The molecule has 0 fully saturated rings. The quantitative estimate of drug-likeness (QED) is 0.142. The van der Waals surface area contributed by atoms with Gasteiger partial charge in [-0.05, 0) is 42.5 Å². The molecule has 0 aliphatic rings. The molecule has 0 saturated carbocycles. The highest BCUT2D eigenvalue weighted by molar-refractivity contribution is 7.17. The van der Waals surface area contributed by atoms with Gasteiger partial charge in [0.05, 0.1) is 32.6 Å². The molecule has 5 aromatic rings. The van der Waals surface area contributed by atoms with Gasteiger partial charge >= 0.3 is 11.2 Å². The minimum Gasteiger partial charge on any atom is -0.305 e. The van der Waals surface area contributed by atoms with Gasteiger partial charge in [0.15, 0.2) is 11.5 Å². The summed E-state index contributed by atoms with van der Waals surface area (Å²) in [6.07, 6.45) is -2.04. The molecule has 0 atom stereocenters. The Kier molecular flexibility index (Phi) is 5.83. The fraction of sp³-hybridized carbons (Fsp3) is 0.0455. The number of hydrogen-bond donors (Lipinski definition) is 1. The fourth-order valence-electron chi connectivity index (χ4n) is 3.34. The Balaban J connectivity index is 1.61. The molecule has 1 amide bonds. The number of rotatable bonds is 5. The number of aromatic nitrogens is 5. The number of anilines is 1. The van der Waals surface area contributed by atoms with E-state index in [1.165, 1.54) is 47.4 Å². The molecular formula is C22H11F4N7O3S. The number of carbonyl (C=O) groups excluding carboxylic acids is 1. The topological polar surface area (TPSA) is 129 Å².